The van der Waals surface area contributed by atoms with E-state index in [2.05, 4.69) is 5.32 Å². The maximum absolute atomic E-state index is 13.5. The minimum absolute atomic E-state index is 0.124. The van der Waals surface area contributed by atoms with Crippen LogP contribution in [0.3, 0.4) is 0 Å². The first-order chi connectivity index (χ1) is 10.6. The van der Waals surface area contributed by atoms with Gasteiger partial charge >= 0.3 is 0 Å². The number of ether oxygens (including phenoxy) is 2. The van der Waals surface area contributed by atoms with Crippen LogP contribution in [-0.4, -0.2) is 56.9 Å². The molecule has 0 radical (unpaired) electrons. The molecule has 0 spiro atoms. The third kappa shape index (κ3) is 4.50. The lowest BCUT2D eigenvalue weighted by Gasteiger charge is -2.22. The summed E-state index contributed by atoms with van der Waals surface area (Å²) in [7, 11) is 3.33. The SMILES string of the molecule is COC[C@@H]1C[C@@H](OC)CN1CC(=O)NCc1ccccc1F. The molecule has 122 valence electrons. The lowest BCUT2D eigenvalue weighted by Crippen LogP contribution is -2.41. The lowest BCUT2D eigenvalue weighted by molar-refractivity contribution is -0.122. The number of carbonyl (C=O) groups excluding carboxylic acids is 1. The molecule has 0 aliphatic carbocycles. The smallest absolute Gasteiger partial charge is 0.234 e. The normalized spacial score (nSPS) is 22.0. The molecule has 0 bridgehead atoms. The van der Waals surface area contributed by atoms with Crippen LogP contribution in [-0.2, 0) is 20.8 Å². The van der Waals surface area contributed by atoms with Gasteiger partial charge in [0.25, 0.3) is 0 Å². The van der Waals surface area contributed by atoms with Gasteiger partial charge in [0.2, 0.25) is 5.91 Å². The standard InChI is InChI=1S/C16H23FN2O3/c1-21-11-13-7-14(22-2)9-19(13)10-16(20)18-8-12-5-3-4-6-15(12)17/h3-6,13-14H,7-11H2,1-2H3,(H,18,20)/t13-,14+/m0/s1. The molecule has 1 aliphatic rings. The Morgan fingerprint density at radius 2 is 2.18 bits per heavy atom. The number of hydrogen-bond acceptors (Lipinski definition) is 4. The summed E-state index contributed by atoms with van der Waals surface area (Å²) in [5, 5.41) is 2.76. The zero-order chi connectivity index (χ0) is 15.9. The molecule has 1 heterocycles. The number of likely N-dealkylation sites (tertiary alicyclic amines) is 1. The monoisotopic (exact) mass is 310 g/mol. The number of benzene rings is 1. The number of hydrogen-bond donors (Lipinski definition) is 1. The molecule has 2 rings (SSSR count). The van der Waals surface area contributed by atoms with Crippen molar-refractivity contribution in [1.82, 2.24) is 10.2 Å². The average Bonchev–Trinajstić information content (AvgIpc) is 2.89. The molecule has 0 unspecified atom stereocenters. The molecule has 5 nitrogen and oxygen atoms in total. The summed E-state index contributed by atoms with van der Waals surface area (Å²) in [5.74, 6) is -0.429. The molecule has 1 aliphatic heterocycles. The largest absolute Gasteiger partial charge is 0.383 e. The van der Waals surface area contributed by atoms with Crippen LogP contribution in [0.15, 0.2) is 24.3 Å². The van der Waals surface area contributed by atoms with Crippen LogP contribution in [0, 0.1) is 5.82 Å². The van der Waals surface area contributed by atoms with Crippen LogP contribution >= 0.6 is 0 Å². The highest BCUT2D eigenvalue weighted by Gasteiger charge is 2.33. The molecule has 1 fully saturated rings. The Bertz CT molecular complexity index is 498. The van der Waals surface area contributed by atoms with Gasteiger partial charge in [-0.15, -0.1) is 0 Å². The van der Waals surface area contributed by atoms with Crippen LogP contribution < -0.4 is 5.32 Å². The van der Waals surface area contributed by atoms with Crippen molar-refractivity contribution in [3.8, 4) is 0 Å². The number of rotatable bonds is 7. The zero-order valence-corrected chi connectivity index (χ0v) is 13.0. The highest BCUT2D eigenvalue weighted by Crippen LogP contribution is 2.19. The van der Waals surface area contributed by atoms with Crippen molar-refractivity contribution >= 4 is 5.91 Å². The Hall–Kier alpha value is -1.50. The predicted octanol–water partition coefficient (Wildman–Crippen LogP) is 1.18. The summed E-state index contributed by atoms with van der Waals surface area (Å²) < 4.78 is 24.1. The summed E-state index contributed by atoms with van der Waals surface area (Å²) in [4.78, 5) is 14.1. The highest BCUT2D eigenvalue weighted by molar-refractivity contribution is 5.78. The highest BCUT2D eigenvalue weighted by atomic mass is 19.1. The van der Waals surface area contributed by atoms with Crippen molar-refractivity contribution in [1.29, 1.82) is 0 Å². The third-order valence-electron chi connectivity index (χ3n) is 3.96. The third-order valence-corrected chi connectivity index (χ3v) is 3.96. The van der Waals surface area contributed by atoms with Crippen LogP contribution in [0.5, 0.6) is 0 Å². The Morgan fingerprint density at radius 1 is 1.41 bits per heavy atom. The molecular weight excluding hydrogens is 287 g/mol. The first kappa shape index (κ1) is 16.9. The first-order valence-electron chi connectivity index (χ1n) is 7.40. The van der Waals surface area contributed by atoms with Gasteiger partial charge in [-0.3, -0.25) is 9.69 Å². The molecule has 1 aromatic rings. The van der Waals surface area contributed by atoms with Crippen molar-refractivity contribution < 1.29 is 18.7 Å². The van der Waals surface area contributed by atoms with Gasteiger partial charge in [-0.1, -0.05) is 18.2 Å². The summed E-state index contributed by atoms with van der Waals surface area (Å²) in [6, 6.07) is 6.61. The van der Waals surface area contributed by atoms with Crippen molar-refractivity contribution in [3.05, 3.63) is 35.6 Å². The quantitative estimate of drug-likeness (QED) is 0.821. The van der Waals surface area contributed by atoms with Crippen LogP contribution in [0.25, 0.3) is 0 Å². The second-order valence-electron chi connectivity index (χ2n) is 5.50. The van der Waals surface area contributed by atoms with Gasteiger partial charge in [-0.05, 0) is 12.5 Å². The zero-order valence-electron chi connectivity index (χ0n) is 13.0. The first-order valence-corrected chi connectivity index (χ1v) is 7.40. The van der Waals surface area contributed by atoms with Crippen molar-refractivity contribution in [2.75, 3.05) is 33.9 Å². The molecule has 1 amide bonds. The van der Waals surface area contributed by atoms with Crippen LogP contribution in [0.4, 0.5) is 4.39 Å². The Labute approximate surface area is 130 Å². The molecule has 1 N–H and O–H groups in total. The van der Waals surface area contributed by atoms with Gasteiger partial charge in [0.15, 0.2) is 0 Å². The number of nitrogens with zero attached hydrogens (tertiary/aromatic N) is 1. The van der Waals surface area contributed by atoms with Gasteiger partial charge < -0.3 is 14.8 Å². The molecule has 1 saturated heterocycles. The molecule has 1 aromatic carbocycles. The van der Waals surface area contributed by atoms with E-state index in [1.54, 1.807) is 32.4 Å². The van der Waals surface area contributed by atoms with E-state index < -0.39 is 0 Å². The van der Waals surface area contributed by atoms with Crippen molar-refractivity contribution in [2.45, 2.75) is 25.1 Å². The van der Waals surface area contributed by atoms with Gasteiger partial charge in [0, 0.05) is 38.9 Å². The molecule has 22 heavy (non-hydrogen) atoms. The molecule has 0 aromatic heterocycles. The average molecular weight is 310 g/mol. The summed E-state index contributed by atoms with van der Waals surface area (Å²) in [6.07, 6.45) is 0.977. The van der Waals surface area contributed by atoms with Crippen molar-refractivity contribution in [2.24, 2.45) is 0 Å². The number of nitrogens with one attached hydrogen (secondary N) is 1. The van der Waals surface area contributed by atoms with E-state index in [-0.39, 0.29) is 37.0 Å². The Morgan fingerprint density at radius 3 is 2.86 bits per heavy atom. The van der Waals surface area contributed by atoms with Gasteiger partial charge in [-0.25, -0.2) is 4.39 Å². The maximum atomic E-state index is 13.5. The number of halogens is 1. The van der Waals surface area contributed by atoms with Gasteiger partial charge in [0.1, 0.15) is 5.82 Å². The number of amides is 1. The lowest BCUT2D eigenvalue weighted by atomic mass is 10.2. The maximum Gasteiger partial charge on any atom is 0.234 e. The molecule has 0 saturated carbocycles. The van der Waals surface area contributed by atoms with E-state index in [1.165, 1.54) is 6.07 Å². The summed E-state index contributed by atoms with van der Waals surface area (Å²) in [5.41, 5.74) is 0.487. The van der Waals surface area contributed by atoms with Gasteiger partial charge in [0.05, 0.1) is 19.3 Å². The van der Waals surface area contributed by atoms with E-state index in [9.17, 15) is 9.18 Å². The Balaban J connectivity index is 1.84. The fraction of sp³-hybridized carbons (Fsp3) is 0.562. The minimum atomic E-state index is -0.305. The van der Waals surface area contributed by atoms with Crippen LogP contribution in [0.2, 0.25) is 0 Å². The van der Waals surface area contributed by atoms with Crippen molar-refractivity contribution in [3.63, 3.8) is 0 Å². The molecule has 2 atom stereocenters. The summed E-state index contributed by atoms with van der Waals surface area (Å²) in [6.45, 7) is 1.74. The fourth-order valence-electron chi connectivity index (χ4n) is 2.74. The predicted molar refractivity (Wildman–Crippen MR) is 80.9 cm³/mol. The second kappa shape index (κ2) is 8.22. The van der Waals surface area contributed by atoms with E-state index in [4.69, 9.17) is 9.47 Å². The number of methoxy groups -OCH3 is 2. The van der Waals surface area contributed by atoms with E-state index in [0.29, 0.717) is 18.7 Å². The van der Waals surface area contributed by atoms with E-state index in [0.717, 1.165) is 6.42 Å². The van der Waals surface area contributed by atoms with Crippen LogP contribution in [0.1, 0.15) is 12.0 Å². The molecular formula is C16H23FN2O3. The Kier molecular flexibility index (Phi) is 6.30. The van der Waals surface area contributed by atoms with E-state index in [1.807, 2.05) is 4.90 Å². The van der Waals surface area contributed by atoms with Gasteiger partial charge in [-0.2, -0.15) is 0 Å². The minimum Gasteiger partial charge on any atom is -0.383 e. The van der Waals surface area contributed by atoms with E-state index >= 15 is 0 Å². The second-order valence-corrected chi connectivity index (χ2v) is 5.50. The topological polar surface area (TPSA) is 50.8 Å². The summed E-state index contributed by atoms with van der Waals surface area (Å²) >= 11 is 0. The molecule has 6 heteroatoms. The number of carbonyl (C=O) groups is 1. The fourth-order valence-corrected chi connectivity index (χ4v) is 2.74.